The average molecular weight is 641 g/mol. The van der Waals surface area contributed by atoms with Crippen LogP contribution in [-0.2, 0) is 26.7 Å². The van der Waals surface area contributed by atoms with Crippen molar-refractivity contribution in [2.24, 2.45) is 7.05 Å². The summed E-state index contributed by atoms with van der Waals surface area (Å²) in [5.74, 6) is -1.17. The summed E-state index contributed by atoms with van der Waals surface area (Å²) in [6.07, 6.45) is 4.30. The minimum atomic E-state index is -4.13. The smallest absolute Gasteiger partial charge is 0.283 e. The van der Waals surface area contributed by atoms with Gasteiger partial charge in [0.2, 0.25) is 0 Å². The molecule has 1 aromatic heterocycles. The maximum atomic E-state index is 13.6. The zero-order chi connectivity index (χ0) is 30.1. The number of aryl methyl sites for hydroxylation is 1. The van der Waals surface area contributed by atoms with Gasteiger partial charge in [-0.15, -0.1) is 0 Å². The van der Waals surface area contributed by atoms with Crippen LogP contribution in [0.1, 0.15) is 25.7 Å². The minimum Gasteiger partial charge on any atom is -0.484 e. The lowest BCUT2D eigenvalue weighted by Gasteiger charge is -2.44. The maximum absolute atomic E-state index is 13.6. The fourth-order valence-corrected chi connectivity index (χ4v) is 6.54. The van der Waals surface area contributed by atoms with E-state index in [2.05, 4.69) is 15.6 Å². The molecule has 224 valence electrons. The van der Waals surface area contributed by atoms with Crippen molar-refractivity contribution >= 4 is 50.7 Å². The number of carbonyl (C=O) groups excluding carboxylic acids is 2. The molecule has 2 amide bonds. The highest BCUT2D eigenvalue weighted by atomic mass is 35.5. The minimum absolute atomic E-state index is 0.0468. The van der Waals surface area contributed by atoms with Crippen LogP contribution in [0, 0.1) is 5.82 Å². The Morgan fingerprint density at radius 2 is 2.00 bits per heavy atom. The lowest BCUT2D eigenvalue weighted by atomic mass is 9.74. The van der Waals surface area contributed by atoms with Crippen molar-refractivity contribution in [1.82, 2.24) is 20.2 Å². The van der Waals surface area contributed by atoms with E-state index in [4.69, 9.17) is 32.7 Å². The van der Waals surface area contributed by atoms with Gasteiger partial charge in [0, 0.05) is 36.4 Å². The Morgan fingerprint density at radius 1 is 1.21 bits per heavy atom. The molecule has 1 atom stereocenters. The second kappa shape index (κ2) is 12.0. The first-order chi connectivity index (χ1) is 20.0. The molecule has 42 heavy (non-hydrogen) atoms. The predicted octanol–water partition coefficient (Wildman–Crippen LogP) is 3.45. The normalized spacial score (nSPS) is 17.4. The van der Waals surface area contributed by atoms with Crippen molar-refractivity contribution in [2.45, 2.75) is 42.4 Å². The fraction of sp³-hybridized carbons (Fsp3) is 0.370. The molecule has 15 heteroatoms. The molecule has 0 spiro atoms. The number of carbonyl (C=O) groups is 2. The molecule has 5 rings (SSSR count). The molecule has 0 bridgehead atoms. The van der Waals surface area contributed by atoms with Crippen LogP contribution < -0.4 is 24.4 Å². The number of nitrogens with zero attached hydrogens (tertiary/aromatic N) is 3. The molecule has 2 N–H and O–H groups in total. The monoisotopic (exact) mass is 639 g/mol. The Balaban J connectivity index is 1.21. The third-order valence-corrected chi connectivity index (χ3v) is 9.41. The molecule has 11 nitrogen and oxygen atoms in total. The number of amides is 2. The number of aromatic nitrogens is 2. The van der Waals surface area contributed by atoms with Crippen molar-refractivity contribution in [2.75, 3.05) is 24.0 Å². The second-order valence-electron chi connectivity index (χ2n) is 10.2. The molecular weight excluding hydrogens is 612 g/mol. The summed E-state index contributed by atoms with van der Waals surface area (Å²) in [5, 5.41) is 5.87. The van der Waals surface area contributed by atoms with Crippen LogP contribution in [0.4, 0.5) is 10.1 Å². The number of sulfonamides is 1. The van der Waals surface area contributed by atoms with Crippen molar-refractivity contribution in [3.05, 3.63) is 64.8 Å². The number of ether oxygens (including phenoxy) is 2. The zero-order valence-electron chi connectivity index (χ0n) is 22.5. The largest absolute Gasteiger partial charge is 0.484 e. The topological polar surface area (TPSA) is 132 Å². The van der Waals surface area contributed by atoms with Gasteiger partial charge in [-0.2, -0.15) is 8.42 Å². The summed E-state index contributed by atoms with van der Waals surface area (Å²) in [5.41, 5.74) is -0.374. The van der Waals surface area contributed by atoms with Crippen LogP contribution in [0.25, 0.3) is 0 Å². The molecule has 1 saturated carbocycles. The van der Waals surface area contributed by atoms with E-state index < -0.39 is 39.3 Å². The molecule has 0 saturated heterocycles. The summed E-state index contributed by atoms with van der Waals surface area (Å²) in [6.45, 7) is -0.349. The van der Waals surface area contributed by atoms with Gasteiger partial charge in [0.05, 0.1) is 23.6 Å². The molecule has 2 aromatic carbocycles. The van der Waals surface area contributed by atoms with Gasteiger partial charge in [-0.1, -0.05) is 23.2 Å². The summed E-state index contributed by atoms with van der Waals surface area (Å²) in [4.78, 5) is 29.7. The lowest BCUT2D eigenvalue weighted by Crippen LogP contribution is -2.60. The summed E-state index contributed by atoms with van der Waals surface area (Å²) in [6, 6.07) is 8.43. The fourth-order valence-electron chi connectivity index (χ4n) is 4.81. The first-order valence-electron chi connectivity index (χ1n) is 13.1. The molecule has 2 aliphatic rings. The average Bonchev–Trinajstić information content (AvgIpc) is 3.38. The van der Waals surface area contributed by atoms with Gasteiger partial charge in [-0.3, -0.25) is 13.9 Å². The van der Waals surface area contributed by atoms with Crippen molar-refractivity contribution in [1.29, 1.82) is 0 Å². The number of nitrogens with one attached hydrogen (secondary N) is 2. The molecule has 1 aliphatic carbocycles. The summed E-state index contributed by atoms with van der Waals surface area (Å²) < 4.78 is 54.5. The number of hydrogen-bond acceptors (Lipinski definition) is 7. The van der Waals surface area contributed by atoms with Gasteiger partial charge >= 0.3 is 0 Å². The summed E-state index contributed by atoms with van der Waals surface area (Å²) in [7, 11) is -2.48. The highest BCUT2D eigenvalue weighted by Crippen LogP contribution is 2.40. The summed E-state index contributed by atoms with van der Waals surface area (Å²) >= 11 is 11.8. The van der Waals surface area contributed by atoms with E-state index >= 15 is 0 Å². The molecular formula is C27H28Cl2FN5O6S. The van der Waals surface area contributed by atoms with Gasteiger partial charge in [0.25, 0.3) is 21.8 Å². The second-order valence-corrected chi connectivity index (χ2v) is 12.9. The quantitative estimate of drug-likeness (QED) is 0.347. The van der Waals surface area contributed by atoms with Crippen molar-refractivity contribution in [3.8, 4) is 11.5 Å². The van der Waals surface area contributed by atoms with Gasteiger partial charge in [0.15, 0.2) is 17.7 Å². The highest BCUT2D eigenvalue weighted by molar-refractivity contribution is 7.92. The van der Waals surface area contributed by atoms with Gasteiger partial charge in [-0.05, 0) is 56.0 Å². The third-order valence-electron chi connectivity index (χ3n) is 7.20. The van der Waals surface area contributed by atoms with E-state index in [0.717, 1.165) is 16.8 Å². The number of imidazole rings is 1. The standard InChI is InChI=1S/C27H28Cl2FN5O6S/c1-34-14-25(32-16-34)42(38,39)35-13-23(41-22-6-3-17(28)11-21(22)35)26(37)33-27(7-2-8-27)9-10-31-24(36)15-40-18-4-5-19(29)20(30)12-18/h3-6,11-12,14,16,23H,2,7-10,13,15H2,1H3,(H,31,36)(H,33,37). The van der Waals surface area contributed by atoms with Crippen LogP contribution >= 0.6 is 23.2 Å². The lowest BCUT2D eigenvalue weighted by molar-refractivity contribution is -0.131. The Labute approximate surface area is 251 Å². The van der Waals surface area contributed by atoms with E-state index in [9.17, 15) is 22.4 Å². The molecule has 1 fully saturated rings. The van der Waals surface area contributed by atoms with Crippen LogP contribution in [0.15, 0.2) is 53.9 Å². The zero-order valence-corrected chi connectivity index (χ0v) is 24.8. The molecule has 2 heterocycles. The molecule has 3 aromatic rings. The number of hydrogen-bond donors (Lipinski definition) is 2. The number of benzene rings is 2. The van der Waals surface area contributed by atoms with Crippen LogP contribution in [-0.4, -0.2) is 61.1 Å². The van der Waals surface area contributed by atoms with Gasteiger partial charge < -0.3 is 24.7 Å². The number of anilines is 1. The van der Waals surface area contributed by atoms with Crippen LogP contribution in [0.2, 0.25) is 10.0 Å². The number of halogens is 3. The third kappa shape index (κ3) is 6.42. The Morgan fingerprint density at radius 3 is 2.67 bits per heavy atom. The first kappa shape index (κ1) is 29.9. The highest BCUT2D eigenvalue weighted by Gasteiger charge is 2.43. The van der Waals surface area contributed by atoms with E-state index in [1.54, 1.807) is 13.1 Å². The van der Waals surface area contributed by atoms with E-state index in [0.29, 0.717) is 24.3 Å². The first-order valence-corrected chi connectivity index (χ1v) is 15.3. The van der Waals surface area contributed by atoms with E-state index in [1.165, 1.54) is 41.4 Å². The predicted molar refractivity (Wildman–Crippen MR) is 153 cm³/mol. The molecule has 1 unspecified atom stereocenters. The number of rotatable bonds is 10. The van der Waals surface area contributed by atoms with E-state index in [1.807, 2.05) is 0 Å². The Bertz CT molecular complexity index is 1610. The Hall–Kier alpha value is -3.55. The SMILES string of the molecule is Cn1cnc(S(=O)(=O)N2CC(C(=O)NC3(CCNC(=O)COc4ccc(Cl)c(F)c4)CCC3)Oc3ccc(Cl)cc32)c1. The van der Waals surface area contributed by atoms with Crippen molar-refractivity contribution < 1.29 is 31.9 Å². The molecule has 1 aliphatic heterocycles. The maximum Gasteiger partial charge on any atom is 0.283 e. The Kier molecular flexibility index (Phi) is 8.53. The van der Waals surface area contributed by atoms with E-state index in [-0.39, 0.29) is 46.9 Å². The number of fused-ring (bicyclic) bond motifs is 1. The van der Waals surface area contributed by atoms with Gasteiger partial charge in [0.1, 0.15) is 17.3 Å². The van der Waals surface area contributed by atoms with Crippen LogP contribution in [0.3, 0.4) is 0 Å². The van der Waals surface area contributed by atoms with Gasteiger partial charge in [-0.25, -0.2) is 9.37 Å². The molecule has 0 radical (unpaired) electrons. The van der Waals surface area contributed by atoms with Crippen LogP contribution in [0.5, 0.6) is 11.5 Å². The van der Waals surface area contributed by atoms with Crippen molar-refractivity contribution in [3.63, 3.8) is 0 Å².